The number of nitrogens with two attached hydrogens (primary N) is 1. The Morgan fingerprint density at radius 1 is 1.35 bits per heavy atom. The van der Waals surface area contributed by atoms with Gasteiger partial charge < -0.3 is 10.8 Å². The van der Waals surface area contributed by atoms with Crippen LogP contribution >= 0.6 is 0 Å². The summed E-state index contributed by atoms with van der Waals surface area (Å²) in [7, 11) is 0. The van der Waals surface area contributed by atoms with Gasteiger partial charge in [0.25, 0.3) is 0 Å². The number of aliphatic carboxylic acids is 1. The monoisotopic (exact) mass is 247 g/mol. The van der Waals surface area contributed by atoms with Crippen LogP contribution in [0.15, 0.2) is 24.3 Å². The van der Waals surface area contributed by atoms with Gasteiger partial charge in [-0.15, -0.1) is 0 Å². The fourth-order valence-corrected chi connectivity index (χ4v) is 1.57. The van der Waals surface area contributed by atoms with E-state index < -0.39 is 31.0 Å². The predicted octanol–water partition coefficient (Wildman–Crippen LogP) is 2.27. The van der Waals surface area contributed by atoms with Gasteiger partial charge in [0.05, 0.1) is 12.8 Å². The topological polar surface area (TPSA) is 63.3 Å². The van der Waals surface area contributed by atoms with Crippen molar-refractivity contribution in [3.63, 3.8) is 0 Å². The van der Waals surface area contributed by atoms with Crippen molar-refractivity contribution in [3.05, 3.63) is 35.4 Å². The first kappa shape index (κ1) is 13.5. The van der Waals surface area contributed by atoms with Gasteiger partial charge in [-0.25, -0.2) is 0 Å². The molecule has 0 saturated heterocycles. The summed E-state index contributed by atoms with van der Waals surface area (Å²) < 4.78 is 36.9. The molecule has 1 rings (SSSR count). The second-order valence-electron chi connectivity index (χ2n) is 3.70. The minimum Gasteiger partial charge on any atom is -0.481 e. The van der Waals surface area contributed by atoms with Crippen LogP contribution in [-0.4, -0.2) is 17.3 Å². The summed E-state index contributed by atoms with van der Waals surface area (Å²) in [4.78, 5) is 10.5. The molecule has 1 atom stereocenters. The second kappa shape index (κ2) is 5.18. The third kappa shape index (κ3) is 4.44. The lowest BCUT2D eigenvalue weighted by atomic mass is 9.96. The number of hydrogen-bond acceptors (Lipinski definition) is 2. The van der Waals surface area contributed by atoms with E-state index in [0.717, 1.165) is 0 Å². The Hall–Kier alpha value is -1.56. The van der Waals surface area contributed by atoms with E-state index in [1.165, 1.54) is 24.3 Å². The molecule has 0 aliphatic rings. The van der Waals surface area contributed by atoms with E-state index in [2.05, 4.69) is 0 Å². The van der Waals surface area contributed by atoms with Crippen LogP contribution in [0.5, 0.6) is 0 Å². The maximum atomic E-state index is 12.3. The van der Waals surface area contributed by atoms with Crippen LogP contribution in [0.4, 0.5) is 13.2 Å². The summed E-state index contributed by atoms with van der Waals surface area (Å²) in [5.74, 6) is -1.14. The van der Waals surface area contributed by atoms with Crippen molar-refractivity contribution in [2.24, 2.45) is 5.73 Å². The van der Waals surface area contributed by atoms with E-state index in [9.17, 15) is 18.0 Å². The summed E-state index contributed by atoms with van der Waals surface area (Å²) in [6.07, 6.45) is -5.83. The maximum Gasteiger partial charge on any atom is 0.393 e. The fourth-order valence-electron chi connectivity index (χ4n) is 1.57. The first-order valence-electron chi connectivity index (χ1n) is 4.91. The lowest BCUT2D eigenvalue weighted by Gasteiger charge is -2.16. The standard InChI is InChI=1S/C11H12F3NO2/c12-11(13,14)6-7-3-1-2-4-8(7)9(15)5-10(16)17/h1-4,9H,5-6,15H2,(H,16,17). The van der Waals surface area contributed by atoms with Crippen LogP contribution in [-0.2, 0) is 11.2 Å². The van der Waals surface area contributed by atoms with E-state index in [4.69, 9.17) is 10.8 Å². The third-order valence-corrected chi connectivity index (χ3v) is 2.24. The Balaban J connectivity index is 2.95. The number of carbonyl (C=O) groups is 1. The quantitative estimate of drug-likeness (QED) is 0.857. The second-order valence-corrected chi connectivity index (χ2v) is 3.70. The Bertz CT molecular complexity index is 404. The van der Waals surface area contributed by atoms with Gasteiger partial charge in [-0.05, 0) is 11.1 Å². The molecule has 0 aliphatic carbocycles. The van der Waals surface area contributed by atoms with Gasteiger partial charge in [0.2, 0.25) is 0 Å². The van der Waals surface area contributed by atoms with E-state index in [1.807, 2.05) is 0 Å². The average molecular weight is 247 g/mol. The molecule has 3 N–H and O–H groups in total. The molecule has 0 heterocycles. The number of halogens is 3. The molecule has 6 heteroatoms. The molecule has 1 aromatic rings. The molecule has 0 aliphatic heterocycles. The highest BCUT2D eigenvalue weighted by atomic mass is 19.4. The van der Waals surface area contributed by atoms with Crippen LogP contribution in [0, 0.1) is 0 Å². The Kier molecular flexibility index (Phi) is 4.11. The molecule has 0 spiro atoms. The number of carboxylic acids is 1. The predicted molar refractivity (Wildman–Crippen MR) is 55.4 cm³/mol. The average Bonchev–Trinajstić information content (AvgIpc) is 2.14. The molecular weight excluding hydrogens is 235 g/mol. The smallest absolute Gasteiger partial charge is 0.393 e. The highest BCUT2D eigenvalue weighted by Crippen LogP contribution is 2.26. The van der Waals surface area contributed by atoms with Crippen molar-refractivity contribution in [2.45, 2.75) is 25.1 Å². The number of carboxylic acid groups (broad SMARTS) is 1. The van der Waals surface area contributed by atoms with Gasteiger partial charge in [0, 0.05) is 6.04 Å². The lowest BCUT2D eigenvalue weighted by molar-refractivity contribution is -0.137. The molecule has 0 amide bonds. The van der Waals surface area contributed by atoms with Gasteiger partial charge in [0.1, 0.15) is 0 Å². The third-order valence-electron chi connectivity index (χ3n) is 2.24. The van der Waals surface area contributed by atoms with E-state index >= 15 is 0 Å². The highest BCUT2D eigenvalue weighted by Gasteiger charge is 2.29. The van der Waals surface area contributed by atoms with Crippen molar-refractivity contribution in [1.82, 2.24) is 0 Å². The summed E-state index contributed by atoms with van der Waals surface area (Å²) in [5.41, 5.74) is 5.82. The lowest BCUT2D eigenvalue weighted by Crippen LogP contribution is -2.19. The van der Waals surface area contributed by atoms with Crippen LogP contribution in [0.25, 0.3) is 0 Å². The van der Waals surface area contributed by atoms with Crippen molar-refractivity contribution in [2.75, 3.05) is 0 Å². The summed E-state index contributed by atoms with van der Waals surface area (Å²) in [5, 5.41) is 8.57. The first-order valence-corrected chi connectivity index (χ1v) is 4.91. The molecule has 1 unspecified atom stereocenters. The molecular formula is C11H12F3NO2. The Morgan fingerprint density at radius 2 is 1.94 bits per heavy atom. The number of rotatable bonds is 4. The van der Waals surface area contributed by atoms with Crippen molar-refractivity contribution in [3.8, 4) is 0 Å². The van der Waals surface area contributed by atoms with Gasteiger partial charge in [-0.1, -0.05) is 24.3 Å². The van der Waals surface area contributed by atoms with Crippen LogP contribution in [0.2, 0.25) is 0 Å². The zero-order valence-corrected chi connectivity index (χ0v) is 8.87. The molecule has 3 nitrogen and oxygen atoms in total. The number of hydrogen-bond donors (Lipinski definition) is 2. The van der Waals surface area contributed by atoms with Crippen LogP contribution in [0.1, 0.15) is 23.6 Å². The summed E-state index contributed by atoms with van der Waals surface area (Å²) in [6, 6.07) is 4.82. The molecule has 0 fully saturated rings. The molecule has 17 heavy (non-hydrogen) atoms. The Labute approximate surface area is 96.0 Å². The molecule has 0 radical (unpaired) electrons. The SMILES string of the molecule is NC(CC(=O)O)c1ccccc1CC(F)(F)F. The van der Waals surface area contributed by atoms with Crippen molar-refractivity contribution < 1.29 is 23.1 Å². The van der Waals surface area contributed by atoms with Gasteiger partial charge in [-0.2, -0.15) is 13.2 Å². The highest BCUT2D eigenvalue weighted by molar-refractivity contribution is 5.68. The zero-order valence-electron chi connectivity index (χ0n) is 8.87. The van der Waals surface area contributed by atoms with Crippen molar-refractivity contribution in [1.29, 1.82) is 0 Å². The van der Waals surface area contributed by atoms with Crippen LogP contribution in [0.3, 0.4) is 0 Å². The largest absolute Gasteiger partial charge is 0.481 e. The Morgan fingerprint density at radius 3 is 2.47 bits per heavy atom. The minimum atomic E-state index is -4.33. The minimum absolute atomic E-state index is 0.0220. The van der Waals surface area contributed by atoms with Gasteiger partial charge in [-0.3, -0.25) is 4.79 Å². The number of alkyl halides is 3. The van der Waals surface area contributed by atoms with Crippen LogP contribution < -0.4 is 5.73 Å². The fraction of sp³-hybridized carbons (Fsp3) is 0.364. The summed E-state index contributed by atoms with van der Waals surface area (Å²) in [6.45, 7) is 0. The molecule has 0 saturated carbocycles. The molecule has 94 valence electrons. The summed E-state index contributed by atoms with van der Waals surface area (Å²) >= 11 is 0. The van der Waals surface area contributed by atoms with Gasteiger partial charge in [0.15, 0.2) is 0 Å². The normalized spacial score (nSPS) is 13.4. The van der Waals surface area contributed by atoms with Crippen molar-refractivity contribution >= 4 is 5.97 Å². The number of benzene rings is 1. The van der Waals surface area contributed by atoms with E-state index in [-0.39, 0.29) is 11.1 Å². The molecule has 0 aromatic heterocycles. The van der Waals surface area contributed by atoms with Gasteiger partial charge >= 0.3 is 12.1 Å². The van der Waals surface area contributed by atoms with E-state index in [1.54, 1.807) is 0 Å². The zero-order chi connectivity index (χ0) is 13.1. The molecule has 0 bridgehead atoms. The first-order chi connectivity index (χ1) is 7.79. The van der Waals surface area contributed by atoms with E-state index in [0.29, 0.717) is 0 Å². The maximum absolute atomic E-state index is 12.3. The molecule has 1 aromatic carbocycles.